The zero-order valence-electron chi connectivity index (χ0n) is 10.1. The molecule has 0 aromatic carbocycles. The molecule has 1 N–H and O–H groups in total. The third kappa shape index (κ3) is 2.53. The number of hydrogen-bond donors (Lipinski definition) is 1. The first-order valence-electron chi connectivity index (χ1n) is 5.39. The molecule has 0 aliphatic rings. The Morgan fingerprint density at radius 3 is 2.83 bits per heavy atom. The Labute approximate surface area is 108 Å². The van der Waals surface area contributed by atoms with Gasteiger partial charge in [-0.25, -0.2) is 0 Å². The molecule has 0 radical (unpaired) electrons. The van der Waals surface area contributed by atoms with Crippen LogP contribution in [0.25, 0.3) is 5.69 Å². The van der Waals surface area contributed by atoms with E-state index in [0.717, 1.165) is 29.7 Å². The molecular weight excluding hydrogens is 254 g/mol. The van der Waals surface area contributed by atoms with Crippen molar-refractivity contribution in [2.75, 3.05) is 5.75 Å². The predicted molar refractivity (Wildman–Crippen MR) is 65.9 cm³/mol. The second-order valence-corrected chi connectivity index (χ2v) is 4.58. The smallest absolute Gasteiger partial charge is 0.313 e. The van der Waals surface area contributed by atoms with Gasteiger partial charge in [0.05, 0.1) is 17.6 Å². The van der Waals surface area contributed by atoms with Crippen LogP contribution >= 0.6 is 11.8 Å². The lowest BCUT2D eigenvalue weighted by molar-refractivity contribution is -0.133. The number of thioether (sulfide) groups is 1. The Balaban J connectivity index is 2.36. The molecule has 0 spiro atoms. The fraction of sp³-hybridized carbons (Fsp3) is 0.400. The van der Waals surface area contributed by atoms with Gasteiger partial charge in [0.2, 0.25) is 0 Å². The van der Waals surface area contributed by atoms with E-state index in [9.17, 15) is 4.79 Å². The number of carboxylic acids is 1. The summed E-state index contributed by atoms with van der Waals surface area (Å²) in [7, 11) is 1.82. The molecule has 7 nitrogen and oxygen atoms in total. The minimum absolute atomic E-state index is 0.0396. The van der Waals surface area contributed by atoms with Crippen LogP contribution in [0, 0.1) is 0 Å². The molecule has 18 heavy (non-hydrogen) atoms. The summed E-state index contributed by atoms with van der Waals surface area (Å²) in [6, 6.07) is 0. The van der Waals surface area contributed by atoms with Crippen LogP contribution in [-0.4, -0.2) is 41.4 Å². The van der Waals surface area contributed by atoms with Crippen molar-refractivity contribution >= 4 is 17.7 Å². The highest BCUT2D eigenvalue weighted by Crippen LogP contribution is 2.21. The fourth-order valence-electron chi connectivity index (χ4n) is 1.53. The number of nitrogens with zero attached hydrogens (tertiary/aromatic N) is 5. The molecule has 0 aliphatic carbocycles. The van der Waals surface area contributed by atoms with Crippen LogP contribution in [0.4, 0.5) is 0 Å². The van der Waals surface area contributed by atoms with Crippen molar-refractivity contribution in [1.82, 2.24) is 24.5 Å². The maximum atomic E-state index is 10.6. The fourth-order valence-corrected chi connectivity index (χ4v) is 2.22. The molecule has 0 aliphatic heterocycles. The molecule has 2 aromatic rings. The van der Waals surface area contributed by atoms with Gasteiger partial charge in [0.15, 0.2) is 5.16 Å². The largest absolute Gasteiger partial charge is 0.481 e. The minimum atomic E-state index is -0.876. The van der Waals surface area contributed by atoms with Gasteiger partial charge in [-0.05, 0) is 0 Å². The van der Waals surface area contributed by atoms with Gasteiger partial charge in [-0.3, -0.25) is 14.0 Å². The van der Waals surface area contributed by atoms with Crippen LogP contribution in [-0.2, 0) is 18.3 Å². The van der Waals surface area contributed by atoms with Gasteiger partial charge in [-0.2, -0.15) is 5.10 Å². The van der Waals surface area contributed by atoms with E-state index in [-0.39, 0.29) is 5.75 Å². The molecule has 0 saturated heterocycles. The normalized spacial score (nSPS) is 10.8. The predicted octanol–water partition coefficient (Wildman–Crippen LogP) is 0.740. The summed E-state index contributed by atoms with van der Waals surface area (Å²) in [6.07, 6.45) is 4.26. The van der Waals surface area contributed by atoms with Crippen molar-refractivity contribution in [3.8, 4) is 5.69 Å². The molecule has 2 heterocycles. The van der Waals surface area contributed by atoms with Gasteiger partial charge in [0.25, 0.3) is 0 Å². The van der Waals surface area contributed by atoms with E-state index < -0.39 is 5.97 Å². The summed E-state index contributed by atoms with van der Waals surface area (Å²) in [5, 5.41) is 21.5. The molecule has 0 saturated carbocycles. The lowest BCUT2D eigenvalue weighted by atomic mass is 10.4. The molecule has 8 heteroatoms. The molecule has 2 aromatic heterocycles. The number of aryl methyl sites for hydroxylation is 2. The molecular formula is C10H13N5O2S. The third-order valence-electron chi connectivity index (χ3n) is 2.29. The Hall–Kier alpha value is -1.83. The first kappa shape index (κ1) is 12.6. The molecule has 0 bridgehead atoms. The topological polar surface area (TPSA) is 85.8 Å². The highest BCUT2D eigenvalue weighted by Gasteiger charge is 2.15. The summed E-state index contributed by atoms with van der Waals surface area (Å²) in [5.74, 6) is -0.128. The van der Waals surface area contributed by atoms with E-state index >= 15 is 0 Å². The lowest BCUT2D eigenvalue weighted by Gasteiger charge is -2.05. The number of hydrogen-bond acceptors (Lipinski definition) is 5. The van der Waals surface area contributed by atoms with Crippen LogP contribution in [0.2, 0.25) is 0 Å². The second-order valence-electron chi connectivity index (χ2n) is 3.64. The van der Waals surface area contributed by atoms with Gasteiger partial charge >= 0.3 is 5.97 Å². The highest BCUT2D eigenvalue weighted by molar-refractivity contribution is 7.99. The Bertz CT molecular complexity index is 562. The molecule has 2 rings (SSSR count). The van der Waals surface area contributed by atoms with E-state index in [2.05, 4.69) is 15.3 Å². The average molecular weight is 267 g/mol. The van der Waals surface area contributed by atoms with Crippen LogP contribution < -0.4 is 0 Å². The van der Waals surface area contributed by atoms with E-state index in [1.165, 1.54) is 0 Å². The number of aliphatic carboxylic acids is 1. The molecule has 96 valence electrons. The summed E-state index contributed by atoms with van der Waals surface area (Å²) in [4.78, 5) is 10.6. The molecule has 0 unspecified atom stereocenters. The van der Waals surface area contributed by atoms with Crippen LogP contribution in [0.1, 0.15) is 12.7 Å². The van der Waals surface area contributed by atoms with E-state index in [1.54, 1.807) is 10.9 Å². The van der Waals surface area contributed by atoms with Crippen molar-refractivity contribution in [3.63, 3.8) is 0 Å². The number of aromatic nitrogens is 5. The minimum Gasteiger partial charge on any atom is -0.481 e. The Morgan fingerprint density at radius 2 is 2.28 bits per heavy atom. The van der Waals surface area contributed by atoms with Crippen LogP contribution in [0.3, 0.4) is 0 Å². The standard InChI is InChI=1S/C10H13N5O2S/c1-3-8-12-13-10(18-6-9(16)17)15(8)7-4-11-14(2)5-7/h4-5H,3,6H2,1-2H3,(H,16,17). The zero-order valence-corrected chi connectivity index (χ0v) is 10.9. The molecule has 0 atom stereocenters. The summed E-state index contributed by atoms with van der Waals surface area (Å²) in [5.41, 5.74) is 0.840. The summed E-state index contributed by atoms with van der Waals surface area (Å²) < 4.78 is 3.51. The summed E-state index contributed by atoms with van der Waals surface area (Å²) >= 11 is 1.15. The van der Waals surface area contributed by atoms with Crippen molar-refractivity contribution in [2.24, 2.45) is 7.05 Å². The highest BCUT2D eigenvalue weighted by atomic mass is 32.2. The van der Waals surface area contributed by atoms with Crippen molar-refractivity contribution in [1.29, 1.82) is 0 Å². The number of carboxylic acid groups (broad SMARTS) is 1. The van der Waals surface area contributed by atoms with E-state index in [1.807, 2.05) is 24.7 Å². The quantitative estimate of drug-likeness (QED) is 0.804. The maximum Gasteiger partial charge on any atom is 0.313 e. The van der Waals surface area contributed by atoms with Crippen LogP contribution in [0.15, 0.2) is 17.6 Å². The van der Waals surface area contributed by atoms with Crippen molar-refractivity contribution in [3.05, 3.63) is 18.2 Å². The Morgan fingerprint density at radius 1 is 1.50 bits per heavy atom. The first-order chi connectivity index (χ1) is 8.61. The van der Waals surface area contributed by atoms with E-state index in [4.69, 9.17) is 5.11 Å². The Kier molecular flexibility index (Phi) is 3.66. The number of carbonyl (C=O) groups is 1. The van der Waals surface area contributed by atoms with Gasteiger partial charge in [-0.15, -0.1) is 10.2 Å². The van der Waals surface area contributed by atoms with E-state index in [0.29, 0.717) is 5.16 Å². The van der Waals surface area contributed by atoms with Gasteiger partial charge in [-0.1, -0.05) is 18.7 Å². The van der Waals surface area contributed by atoms with Crippen molar-refractivity contribution in [2.45, 2.75) is 18.5 Å². The van der Waals surface area contributed by atoms with Gasteiger partial charge in [0, 0.05) is 19.7 Å². The maximum absolute atomic E-state index is 10.6. The summed E-state index contributed by atoms with van der Waals surface area (Å²) in [6.45, 7) is 1.97. The number of rotatable bonds is 5. The average Bonchev–Trinajstić information content (AvgIpc) is 2.91. The lowest BCUT2D eigenvalue weighted by Crippen LogP contribution is -2.03. The third-order valence-corrected chi connectivity index (χ3v) is 3.20. The zero-order chi connectivity index (χ0) is 13.1. The van der Waals surface area contributed by atoms with Gasteiger partial charge < -0.3 is 5.11 Å². The van der Waals surface area contributed by atoms with Crippen LogP contribution in [0.5, 0.6) is 0 Å². The second kappa shape index (κ2) is 5.21. The molecule has 0 fully saturated rings. The van der Waals surface area contributed by atoms with Crippen molar-refractivity contribution < 1.29 is 9.90 Å². The SMILES string of the molecule is CCc1nnc(SCC(=O)O)n1-c1cnn(C)c1. The first-order valence-corrected chi connectivity index (χ1v) is 6.38. The molecule has 0 amide bonds. The van der Waals surface area contributed by atoms with Gasteiger partial charge in [0.1, 0.15) is 5.82 Å². The monoisotopic (exact) mass is 267 g/mol.